The summed E-state index contributed by atoms with van der Waals surface area (Å²) in [6.07, 6.45) is 12.3. The molecule has 1 aromatic carbocycles. The number of allylic oxidation sites excluding steroid dienone is 2. The smallest absolute Gasteiger partial charge is 0.0249 e. The fourth-order valence-corrected chi connectivity index (χ4v) is 2.92. The van der Waals surface area contributed by atoms with Crippen LogP contribution in [0.1, 0.15) is 57.1 Å². The summed E-state index contributed by atoms with van der Waals surface area (Å²) in [5.41, 5.74) is 2.49. The van der Waals surface area contributed by atoms with Crippen LogP contribution in [0.15, 0.2) is 36.4 Å². The monoisotopic (exact) mass is 266 g/mol. The third-order valence-electron chi connectivity index (χ3n) is 4.50. The van der Waals surface area contributed by atoms with Crippen molar-refractivity contribution in [1.82, 2.24) is 0 Å². The van der Waals surface area contributed by atoms with E-state index in [4.69, 9.17) is 0 Å². The zero-order chi connectivity index (χ0) is 14.2. The molecule has 0 heteroatoms. The first-order chi connectivity index (χ1) is 9.81. The fourth-order valence-electron chi connectivity index (χ4n) is 2.92. The highest BCUT2D eigenvalue weighted by Gasteiger charge is 2.17. The molecule has 0 N–H and O–H groups in total. The van der Waals surface area contributed by atoms with E-state index in [1.165, 1.54) is 37.7 Å². The summed E-state index contributed by atoms with van der Waals surface area (Å²) in [5, 5.41) is 0. The van der Waals surface area contributed by atoms with E-state index in [0.717, 1.165) is 23.8 Å². The van der Waals surface area contributed by atoms with Gasteiger partial charge in [0.2, 0.25) is 0 Å². The lowest BCUT2D eigenvalue weighted by molar-refractivity contribution is 0.304. The van der Waals surface area contributed by atoms with E-state index in [9.17, 15) is 0 Å². The van der Waals surface area contributed by atoms with Crippen molar-refractivity contribution in [2.75, 3.05) is 0 Å². The zero-order valence-corrected chi connectivity index (χ0v) is 12.9. The molecule has 0 nitrogen and oxygen atoms in total. The van der Waals surface area contributed by atoms with Gasteiger partial charge in [-0.1, -0.05) is 50.3 Å². The Bertz CT molecular complexity index is 473. The normalized spacial score (nSPS) is 22.5. The second-order valence-electron chi connectivity index (χ2n) is 5.87. The van der Waals surface area contributed by atoms with Gasteiger partial charge in [0, 0.05) is 5.56 Å². The van der Waals surface area contributed by atoms with Gasteiger partial charge in [0.05, 0.1) is 0 Å². The van der Waals surface area contributed by atoms with Crippen LogP contribution in [-0.2, 0) is 6.42 Å². The van der Waals surface area contributed by atoms with Gasteiger partial charge in [-0.05, 0) is 67.7 Å². The summed E-state index contributed by atoms with van der Waals surface area (Å²) < 4.78 is 0. The average Bonchev–Trinajstić information content (AvgIpc) is 2.53. The molecule has 0 bridgehead atoms. The van der Waals surface area contributed by atoms with Crippen LogP contribution in [0.4, 0.5) is 0 Å². The Kier molecular flexibility index (Phi) is 5.93. The summed E-state index contributed by atoms with van der Waals surface area (Å²) in [6.45, 7) is 4.49. The van der Waals surface area contributed by atoms with E-state index in [1.54, 1.807) is 0 Å². The third kappa shape index (κ3) is 4.57. The SMILES string of the molecule is CCc1ccc(C#C/C=C/C2CCC(CC)CC2)cc1. The quantitative estimate of drug-likeness (QED) is 0.645. The first-order valence-corrected chi connectivity index (χ1v) is 8.09. The topological polar surface area (TPSA) is 0 Å². The molecular weight excluding hydrogens is 240 g/mol. The van der Waals surface area contributed by atoms with Gasteiger partial charge in [-0.25, -0.2) is 0 Å². The molecule has 106 valence electrons. The van der Waals surface area contributed by atoms with Gasteiger partial charge in [-0.2, -0.15) is 0 Å². The van der Waals surface area contributed by atoms with Crippen molar-refractivity contribution in [3.05, 3.63) is 47.5 Å². The molecule has 0 saturated heterocycles. The first-order valence-electron chi connectivity index (χ1n) is 8.09. The van der Waals surface area contributed by atoms with Crippen molar-refractivity contribution in [1.29, 1.82) is 0 Å². The predicted octanol–water partition coefficient (Wildman–Crippen LogP) is 5.37. The molecule has 20 heavy (non-hydrogen) atoms. The second kappa shape index (κ2) is 7.95. The van der Waals surface area contributed by atoms with Crippen LogP contribution in [0.3, 0.4) is 0 Å². The van der Waals surface area contributed by atoms with E-state index < -0.39 is 0 Å². The molecule has 2 rings (SSSR count). The highest BCUT2D eigenvalue weighted by Crippen LogP contribution is 2.31. The van der Waals surface area contributed by atoms with E-state index in [0.29, 0.717) is 0 Å². The van der Waals surface area contributed by atoms with Crippen LogP contribution in [0.25, 0.3) is 0 Å². The highest BCUT2D eigenvalue weighted by atomic mass is 14.2. The number of hydrogen-bond donors (Lipinski definition) is 0. The maximum Gasteiger partial charge on any atom is 0.0249 e. The number of aryl methyl sites for hydroxylation is 1. The van der Waals surface area contributed by atoms with Crippen molar-refractivity contribution in [3.8, 4) is 11.8 Å². The van der Waals surface area contributed by atoms with Gasteiger partial charge < -0.3 is 0 Å². The Morgan fingerprint density at radius 3 is 2.35 bits per heavy atom. The van der Waals surface area contributed by atoms with E-state index >= 15 is 0 Å². The van der Waals surface area contributed by atoms with Crippen LogP contribution in [-0.4, -0.2) is 0 Å². The Hall–Kier alpha value is -1.48. The van der Waals surface area contributed by atoms with Crippen LogP contribution < -0.4 is 0 Å². The van der Waals surface area contributed by atoms with Gasteiger partial charge in [0.25, 0.3) is 0 Å². The van der Waals surface area contributed by atoms with Gasteiger partial charge in [0.15, 0.2) is 0 Å². The molecule has 1 aromatic rings. The zero-order valence-electron chi connectivity index (χ0n) is 12.9. The van der Waals surface area contributed by atoms with Crippen LogP contribution >= 0.6 is 0 Å². The van der Waals surface area contributed by atoms with Crippen molar-refractivity contribution < 1.29 is 0 Å². The van der Waals surface area contributed by atoms with Crippen LogP contribution in [0.5, 0.6) is 0 Å². The van der Waals surface area contributed by atoms with E-state index in [1.807, 2.05) is 0 Å². The van der Waals surface area contributed by atoms with Crippen molar-refractivity contribution in [3.63, 3.8) is 0 Å². The predicted molar refractivity (Wildman–Crippen MR) is 87.6 cm³/mol. The van der Waals surface area contributed by atoms with Gasteiger partial charge in [0.1, 0.15) is 0 Å². The number of benzene rings is 1. The van der Waals surface area contributed by atoms with Gasteiger partial charge in [-0.3, -0.25) is 0 Å². The minimum absolute atomic E-state index is 0.759. The molecular formula is C20H26. The Balaban J connectivity index is 1.82. The summed E-state index contributed by atoms with van der Waals surface area (Å²) >= 11 is 0. The standard InChI is InChI=1S/C20H26/c1-3-17-9-13-19(14-10-17)7-5-6-8-20-15-11-18(4-2)12-16-20/h5,7,11-12,15-17,19H,3-4,9-10,13-14H2,1-2H3/b7-5+. The fraction of sp³-hybridized carbons (Fsp3) is 0.500. The Labute approximate surface area is 124 Å². The van der Waals surface area contributed by atoms with Crippen LogP contribution in [0, 0.1) is 23.7 Å². The average molecular weight is 266 g/mol. The molecule has 1 aliphatic carbocycles. The number of rotatable bonds is 3. The summed E-state index contributed by atoms with van der Waals surface area (Å²) in [5.74, 6) is 8.13. The van der Waals surface area contributed by atoms with Crippen molar-refractivity contribution in [2.24, 2.45) is 11.8 Å². The molecule has 0 atom stereocenters. The maximum absolute atomic E-state index is 3.22. The summed E-state index contributed by atoms with van der Waals surface area (Å²) in [4.78, 5) is 0. The maximum atomic E-state index is 3.22. The molecule has 0 aliphatic heterocycles. The van der Waals surface area contributed by atoms with E-state index in [2.05, 4.69) is 62.1 Å². The molecule has 1 saturated carbocycles. The third-order valence-corrected chi connectivity index (χ3v) is 4.50. The van der Waals surface area contributed by atoms with Crippen molar-refractivity contribution >= 4 is 0 Å². The highest BCUT2D eigenvalue weighted by molar-refractivity contribution is 5.38. The minimum atomic E-state index is 0.759. The van der Waals surface area contributed by atoms with Crippen LogP contribution in [0.2, 0.25) is 0 Å². The largest absolute Gasteiger partial charge is 0.0730 e. The molecule has 0 radical (unpaired) electrons. The molecule has 0 unspecified atom stereocenters. The summed E-state index contributed by atoms with van der Waals surface area (Å²) in [7, 11) is 0. The lowest BCUT2D eigenvalue weighted by Gasteiger charge is -2.25. The molecule has 0 aromatic heterocycles. The van der Waals surface area contributed by atoms with E-state index in [-0.39, 0.29) is 0 Å². The lowest BCUT2D eigenvalue weighted by atomic mass is 9.81. The Morgan fingerprint density at radius 2 is 1.75 bits per heavy atom. The molecule has 1 aliphatic rings. The molecule has 0 amide bonds. The van der Waals surface area contributed by atoms with Gasteiger partial charge >= 0.3 is 0 Å². The van der Waals surface area contributed by atoms with Gasteiger partial charge in [-0.15, -0.1) is 0 Å². The second-order valence-corrected chi connectivity index (χ2v) is 5.87. The summed E-state index contributed by atoms with van der Waals surface area (Å²) in [6, 6.07) is 8.57. The van der Waals surface area contributed by atoms with Crippen molar-refractivity contribution in [2.45, 2.75) is 52.4 Å². The molecule has 0 spiro atoms. The molecule has 0 heterocycles. The first kappa shape index (κ1) is 14.9. The molecule has 1 fully saturated rings. The minimum Gasteiger partial charge on any atom is -0.0730 e. The number of hydrogen-bond acceptors (Lipinski definition) is 0. The Morgan fingerprint density at radius 1 is 1.05 bits per heavy atom. The lowest BCUT2D eigenvalue weighted by Crippen LogP contribution is -2.11.